The Morgan fingerprint density at radius 3 is 2.68 bits per heavy atom. The molecular weight excluding hydrogens is 262 g/mol. The summed E-state index contributed by atoms with van der Waals surface area (Å²) in [5, 5.41) is 17.3. The van der Waals surface area contributed by atoms with E-state index in [-0.39, 0.29) is 12.6 Å². The number of aliphatic hydroxyl groups is 1. The van der Waals surface area contributed by atoms with Crippen molar-refractivity contribution < 1.29 is 5.11 Å². The van der Waals surface area contributed by atoms with Crippen LogP contribution in [0.2, 0.25) is 5.15 Å². The van der Waals surface area contributed by atoms with E-state index in [0.29, 0.717) is 11.7 Å². The predicted octanol–water partition coefficient (Wildman–Crippen LogP) is 2.30. The number of hydrogen-bond donors (Lipinski definition) is 2. The number of aryl methyl sites for hydroxylation is 1. The van der Waals surface area contributed by atoms with Gasteiger partial charge in [-0.05, 0) is 26.0 Å². The smallest absolute Gasteiger partial charge is 0.137 e. The van der Waals surface area contributed by atoms with Crippen LogP contribution in [0.25, 0.3) is 5.69 Å². The van der Waals surface area contributed by atoms with Gasteiger partial charge in [-0.25, -0.2) is 4.68 Å². The molecule has 0 aliphatic carbocycles. The van der Waals surface area contributed by atoms with Crippen LogP contribution >= 0.6 is 11.6 Å². The highest BCUT2D eigenvalue weighted by molar-refractivity contribution is 6.30. The number of rotatable bonds is 5. The standard InChI is InChI=1S/C14H18ClN3O/c1-10(9-19)16-8-13-11(2)17-18(14(13)15)12-6-4-3-5-7-12/h3-7,10,16,19H,8-9H2,1-2H3. The monoisotopic (exact) mass is 279 g/mol. The molecule has 4 nitrogen and oxygen atoms in total. The summed E-state index contributed by atoms with van der Waals surface area (Å²) in [6.45, 7) is 4.56. The van der Waals surface area contributed by atoms with Crippen molar-refractivity contribution in [2.45, 2.75) is 26.4 Å². The maximum atomic E-state index is 9.02. The van der Waals surface area contributed by atoms with Crippen LogP contribution in [0.15, 0.2) is 30.3 Å². The van der Waals surface area contributed by atoms with Crippen molar-refractivity contribution in [1.82, 2.24) is 15.1 Å². The minimum atomic E-state index is 0.0375. The molecule has 0 radical (unpaired) electrons. The molecule has 0 amide bonds. The van der Waals surface area contributed by atoms with Gasteiger partial charge < -0.3 is 10.4 Å². The average molecular weight is 280 g/mol. The summed E-state index contributed by atoms with van der Waals surface area (Å²) in [7, 11) is 0. The lowest BCUT2D eigenvalue weighted by atomic mass is 10.2. The van der Waals surface area contributed by atoms with Crippen LogP contribution in [-0.4, -0.2) is 27.5 Å². The minimum absolute atomic E-state index is 0.0375. The largest absolute Gasteiger partial charge is 0.395 e. The summed E-state index contributed by atoms with van der Waals surface area (Å²) in [6.07, 6.45) is 0. The molecule has 0 bridgehead atoms. The zero-order valence-corrected chi connectivity index (χ0v) is 11.9. The summed E-state index contributed by atoms with van der Waals surface area (Å²) >= 11 is 6.39. The molecule has 0 saturated heterocycles. The van der Waals surface area contributed by atoms with Crippen molar-refractivity contribution in [1.29, 1.82) is 0 Å². The van der Waals surface area contributed by atoms with Gasteiger partial charge in [0.25, 0.3) is 0 Å². The molecule has 0 aliphatic rings. The third kappa shape index (κ3) is 3.15. The van der Waals surface area contributed by atoms with Crippen molar-refractivity contribution in [3.63, 3.8) is 0 Å². The summed E-state index contributed by atoms with van der Waals surface area (Å²) in [5.41, 5.74) is 2.80. The van der Waals surface area contributed by atoms with Crippen molar-refractivity contribution in [2.24, 2.45) is 0 Å². The van der Waals surface area contributed by atoms with Crippen LogP contribution in [0.5, 0.6) is 0 Å². The predicted molar refractivity (Wildman–Crippen MR) is 76.7 cm³/mol. The number of aromatic nitrogens is 2. The molecule has 1 atom stereocenters. The van der Waals surface area contributed by atoms with Crippen LogP contribution in [-0.2, 0) is 6.54 Å². The molecule has 2 rings (SSSR count). The second kappa shape index (κ2) is 6.19. The van der Waals surface area contributed by atoms with Crippen LogP contribution in [0.4, 0.5) is 0 Å². The Bertz CT molecular complexity index is 539. The van der Waals surface area contributed by atoms with E-state index < -0.39 is 0 Å². The first-order chi connectivity index (χ1) is 9.13. The fourth-order valence-corrected chi connectivity index (χ4v) is 2.15. The molecule has 0 aliphatic heterocycles. The van der Waals surface area contributed by atoms with E-state index in [1.165, 1.54) is 0 Å². The van der Waals surface area contributed by atoms with Gasteiger partial charge in [0.05, 0.1) is 18.0 Å². The fourth-order valence-electron chi connectivity index (χ4n) is 1.81. The zero-order valence-electron chi connectivity index (χ0n) is 11.1. The molecule has 0 fully saturated rings. The fraction of sp³-hybridized carbons (Fsp3) is 0.357. The highest BCUT2D eigenvalue weighted by Gasteiger charge is 2.14. The number of nitrogens with zero attached hydrogens (tertiary/aromatic N) is 2. The quantitative estimate of drug-likeness (QED) is 0.883. The van der Waals surface area contributed by atoms with E-state index in [4.69, 9.17) is 16.7 Å². The summed E-state index contributed by atoms with van der Waals surface area (Å²) in [6, 6.07) is 9.83. The van der Waals surface area contributed by atoms with Gasteiger partial charge in [-0.1, -0.05) is 29.8 Å². The first-order valence-corrected chi connectivity index (χ1v) is 6.65. The lowest BCUT2D eigenvalue weighted by Gasteiger charge is -2.10. The van der Waals surface area contributed by atoms with E-state index in [1.54, 1.807) is 4.68 Å². The molecule has 2 aromatic rings. The van der Waals surface area contributed by atoms with Crippen LogP contribution < -0.4 is 5.32 Å². The third-order valence-electron chi connectivity index (χ3n) is 3.02. The molecule has 1 unspecified atom stereocenters. The Balaban J connectivity index is 2.25. The highest BCUT2D eigenvalue weighted by atomic mass is 35.5. The Morgan fingerprint density at radius 2 is 2.05 bits per heavy atom. The SMILES string of the molecule is Cc1nn(-c2ccccc2)c(Cl)c1CNC(C)CO. The topological polar surface area (TPSA) is 50.1 Å². The maximum absolute atomic E-state index is 9.02. The molecule has 0 spiro atoms. The number of aliphatic hydroxyl groups excluding tert-OH is 1. The van der Waals surface area contributed by atoms with E-state index in [9.17, 15) is 0 Å². The van der Waals surface area contributed by atoms with Gasteiger partial charge in [-0.2, -0.15) is 5.10 Å². The first kappa shape index (κ1) is 14.1. The van der Waals surface area contributed by atoms with Crippen molar-refractivity contribution in [3.8, 4) is 5.69 Å². The first-order valence-electron chi connectivity index (χ1n) is 6.27. The number of benzene rings is 1. The highest BCUT2D eigenvalue weighted by Crippen LogP contribution is 2.23. The van der Waals surface area contributed by atoms with Gasteiger partial charge in [-0.3, -0.25) is 0 Å². The number of hydrogen-bond acceptors (Lipinski definition) is 3. The average Bonchev–Trinajstić information content (AvgIpc) is 2.72. The number of halogens is 1. The van der Waals surface area contributed by atoms with Gasteiger partial charge in [-0.15, -0.1) is 0 Å². The number of nitrogens with one attached hydrogen (secondary N) is 1. The Hall–Kier alpha value is -1.36. The van der Waals surface area contributed by atoms with Crippen molar-refractivity contribution in [3.05, 3.63) is 46.7 Å². The lowest BCUT2D eigenvalue weighted by Crippen LogP contribution is -2.28. The van der Waals surface area contributed by atoms with E-state index in [1.807, 2.05) is 44.2 Å². The van der Waals surface area contributed by atoms with Crippen LogP contribution in [0, 0.1) is 6.92 Å². The summed E-state index contributed by atoms with van der Waals surface area (Å²) in [5.74, 6) is 0. The maximum Gasteiger partial charge on any atom is 0.137 e. The molecule has 0 saturated carbocycles. The molecular formula is C14H18ClN3O. The van der Waals surface area contributed by atoms with Gasteiger partial charge in [0.15, 0.2) is 0 Å². The van der Waals surface area contributed by atoms with Crippen molar-refractivity contribution in [2.75, 3.05) is 6.61 Å². The van der Waals surface area contributed by atoms with Gasteiger partial charge in [0.2, 0.25) is 0 Å². The van der Waals surface area contributed by atoms with E-state index in [0.717, 1.165) is 16.9 Å². The molecule has 19 heavy (non-hydrogen) atoms. The Kier molecular flexibility index (Phi) is 4.58. The van der Waals surface area contributed by atoms with E-state index >= 15 is 0 Å². The number of para-hydroxylation sites is 1. The summed E-state index contributed by atoms with van der Waals surface area (Å²) < 4.78 is 1.73. The molecule has 5 heteroatoms. The molecule has 1 heterocycles. The Labute approximate surface area is 118 Å². The molecule has 2 N–H and O–H groups in total. The third-order valence-corrected chi connectivity index (χ3v) is 3.41. The second-order valence-electron chi connectivity index (χ2n) is 4.57. The molecule has 1 aromatic carbocycles. The second-order valence-corrected chi connectivity index (χ2v) is 4.92. The minimum Gasteiger partial charge on any atom is -0.395 e. The van der Waals surface area contributed by atoms with Gasteiger partial charge in [0, 0.05) is 18.2 Å². The van der Waals surface area contributed by atoms with Gasteiger partial charge >= 0.3 is 0 Å². The lowest BCUT2D eigenvalue weighted by molar-refractivity contribution is 0.251. The molecule has 102 valence electrons. The van der Waals surface area contributed by atoms with Crippen molar-refractivity contribution >= 4 is 11.6 Å². The summed E-state index contributed by atoms with van der Waals surface area (Å²) in [4.78, 5) is 0. The van der Waals surface area contributed by atoms with Gasteiger partial charge in [0.1, 0.15) is 5.15 Å². The van der Waals surface area contributed by atoms with Crippen LogP contribution in [0.1, 0.15) is 18.2 Å². The Morgan fingerprint density at radius 1 is 1.37 bits per heavy atom. The van der Waals surface area contributed by atoms with E-state index in [2.05, 4.69) is 10.4 Å². The molecule has 1 aromatic heterocycles. The zero-order chi connectivity index (χ0) is 13.8. The normalized spacial score (nSPS) is 12.6. The van der Waals surface area contributed by atoms with Crippen LogP contribution in [0.3, 0.4) is 0 Å².